The number of rotatable bonds is 1. The lowest BCUT2D eigenvalue weighted by Gasteiger charge is -2.41. The highest BCUT2D eigenvalue weighted by molar-refractivity contribution is 6.29. The molecule has 6 nitrogen and oxygen atoms in total. The normalized spacial score (nSPS) is 22.3. The van der Waals surface area contributed by atoms with Gasteiger partial charge in [0.15, 0.2) is 6.10 Å². The Bertz CT molecular complexity index is 806. The largest absolute Gasteiger partial charge is 0.485 e. The van der Waals surface area contributed by atoms with Crippen LogP contribution in [0.15, 0.2) is 18.2 Å². The fraction of sp³-hybridized carbons (Fsp3) is 0.375. The van der Waals surface area contributed by atoms with E-state index in [2.05, 4.69) is 4.98 Å². The number of aryl methyl sites for hydroxylation is 1. The summed E-state index contributed by atoms with van der Waals surface area (Å²) in [4.78, 5) is 15.5. The molecule has 0 spiro atoms. The van der Waals surface area contributed by atoms with Crippen molar-refractivity contribution >= 4 is 28.6 Å². The van der Waals surface area contributed by atoms with E-state index in [1.54, 1.807) is 26.0 Å². The number of halogens is 1. The van der Waals surface area contributed by atoms with Gasteiger partial charge in [-0.25, -0.2) is 9.78 Å². The number of hydrogen-bond donors (Lipinski definition) is 2. The summed E-state index contributed by atoms with van der Waals surface area (Å²) < 4.78 is 11.0. The van der Waals surface area contributed by atoms with Crippen LogP contribution in [-0.4, -0.2) is 27.9 Å². The predicted molar refractivity (Wildman–Crippen MR) is 85.6 cm³/mol. The molecular weight excluding hydrogens is 320 g/mol. The van der Waals surface area contributed by atoms with Gasteiger partial charge < -0.3 is 20.3 Å². The minimum atomic E-state index is -1.07. The predicted octanol–water partition coefficient (Wildman–Crippen LogP) is 2.86. The maximum Gasteiger partial charge on any atom is 0.405 e. The van der Waals surface area contributed by atoms with Crippen LogP contribution in [0.4, 0.5) is 4.79 Å². The summed E-state index contributed by atoms with van der Waals surface area (Å²) in [6.07, 6.45) is -2.97. The van der Waals surface area contributed by atoms with E-state index >= 15 is 0 Å². The molecule has 0 fully saturated rings. The lowest BCUT2D eigenvalue weighted by molar-refractivity contribution is -0.112. The van der Waals surface area contributed by atoms with Crippen LogP contribution in [0.5, 0.6) is 5.75 Å². The van der Waals surface area contributed by atoms with Gasteiger partial charge in [0.2, 0.25) is 0 Å². The Kier molecular flexibility index (Phi) is 3.61. The van der Waals surface area contributed by atoms with Crippen LogP contribution >= 0.6 is 11.6 Å². The minimum Gasteiger partial charge on any atom is -0.485 e. The zero-order chi connectivity index (χ0) is 16.9. The van der Waals surface area contributed by atoms with Gasteiger partial charge in [-0.1, -0.05) is 11.6 Å². The molecule has 2 heterocycles. The Morgan fingerprint density at radius 3 is 2.78 bits per heavy atom. The van der Waals surface area contributed by atoms with Crippen molar-refractivity contribution in [2.75, 3.05) is 0 Å². The van der Waals surface area contributed by atoms with Gasteiger partial charge in [0, 0.05) is 10.9 Å². The smallest absolute Gasteiger partial charge is 0.405 e. The number of aliphatic hydroxyl groups excluding tert-OH is 1. The minimum absolute atomic E-state index is 0.361. The van der Waals surface area contributed by atoms with Crippen molar-refractivity contribution in [1.29, 1.82) is 0 Å². The third-order valence-corrected chi connectivity index (χ3v) is 4.23. The summed E-state index contributed by atoms with van der Waals surface area (Å²) in [6, 6.07) is 5.28. The van der Waals surface area contributed by atoms with E-state index in [1.165, 1.54) is 0 Å². The number of aliphatic hydroxyl groups is 1. The topological polar surface area (TPSA) is 94.7 Å². The molecular formula is C16H17ClN2O4. The van der Waals surface area contributed by atoms with Crippen LogP contribution in [0.3, 0.4) is 0 Å². The number of hydrogen-bond acceptors (Lipinski definition) is 5. The summed E-state index contributed by atoms with van der Waals surface area (Å²) in [5, 5.41) is 11.7. The third kappa shape index (κ3) is 2.68. The Hall–Kier alpha value is -2.05. The van der Waals surface area contributed by atoms with Crippen molar-refractivity contribution in [2.45, 2.75) is 38.6 Å². The molecule has 2 aromatic rings. The van der Waals surface area contributed by atoms with Crippen LogP contribution in [0.25, 0.3) is 10.9 Å². The number of primary amides is 1. The van der Waals surface area contributed by atoms with Crippen molar-refractivity contribution in [2.24, 2.45) is 5.73 Å². The standard InChI is InChI=1S/C16H17ClN2O4/c1-7-4-12(17)19-10-5-9-11(6-8(7)10)23-16(2,3)14(20)13(9)22-15(18)21/h4-6,13-14,20H,1-3H3,(H2,18,21)/t13-,14+/m0/s1. The molecule has 122 valence electrons. The van der Waals surface area contributed by atoms with Gasteiger partial charge >= 0.3 is 6.09 Å². The van der Waals surface area contributed by atoms with Crippen LogP contribution in [0, 0.1) is 6.92 Å². The van der Waals surface area contributed by atoms with Crippen molar-refractivity contribution in [3.05, 3.63) is 34.5 Å². The Balaban J connectivity index is 2.24. The number of aromatic nitrogens is 1. The molecule has 0 bridgehead atoms. The highest BCUT2D eigenvalue weighted by atomic mass is 35.5. The van der Waals surface area contributed by atoms with Gasteiger partial charge in [-0.05, 0) is 44.5 Å². The number of fused-ring (bicyclic) bond motifs is 2. The first-order valence-electron chi connectivity index (χ1n) is 7.13. The number of benzene rings is 1. The second-order valence-corrected chi connectivity index (χ2v) is 6.56. The summed E-state index contributed by atoms with van der Waals surface area (Å²) in [7, 11) is 0. The van der Waals surface area contributed by atoms with Gasteiger partial charge in [-0.2, -0.15) is 0 Å². The van der Waals surface area contributed by atoms with Crippen LogP contribution in [0.2, 0.25) is 5.15 Å². The summed E-state index contributed by atoms with van der Waals surface area (Å²) in [6.45, 7) is 5.35. The average molecular weight is 337 g/mol. The van der Waals surface area contributed by atoms with Gasteiger partial charge in [0.25, 0.3) is 0 Å². The molecule has 3 rings (SSSR count). The van der Waals surface area contributed by atoms with Crippen LogP contribution < -0.4 is 10.5 Å². The first-order valence-corrected chi connectivity index (χ1v) is 7.51. The average Bonchev–Trinajstić information content (AvgIpc) is 2.42. The summed E-state index contributed by atoms with van der Waals surface area (Å²) >= 11 is 6.00. The number of carbonyl (C=O) groups excluding carboxylic acids is 1. The fourth-order valence-corrected chi connectivity index (χ4v) is 3.09. The fourth-order valence-electron chi connectivity index (χ4n) is 2.84. The molecule has 0 aliphatic carbocycles. The SMILES string of the molecule is Cc1cc(Cl)nc2cc3c(cc12)OC(C)(C)[C@H](O)[C@H]3OC(N)=O. The van der Waals surface area contributed by atoms with Gasteiger partial charge in [-0.3, -0.25) is 0 Å². The zero-order valence-corrected chi connectivity index (χ0v) is 13.7. The molecule has 1 aliphatic heterocycles. The summed E-state index contributed by atoms with van der Waals surface area (Å²) in [5.41, 5.74) is 6.29. The van der Waals surface area contributed by atoms with E-state index in [0.29, 0.717) is 22.0 Å². The molecule has 0 saturated carbocycles. The van der Waals surface area contributed by atoms with Gasteiger partial charge in [-0.15, -0.1) is 0 Å². The molecule has 1 amide bonds. The number of amides is 1. The maximum atomic E-state index is 11.2. The molecule has 0 saturated heterocycles. The monoisotopic (exact) mass is 336 g/mol. The number of ether oxygens (including phenoxy) is 2. The first-order chi connectivity index (χ1) is 10.7. The second-order valence-electron chi connectivity index (χ2n) is 6.18. The molecule has 0 unspecified atom stereocenters. The molecule has 23 heavy (non-hydrogen) atoms. The highest BCUT2D eigenvalue weighted by Crippen LogP contribution is 2.43. The number of nitrogens with zero attached hydrogens (tertiary/aromatic N) is 1. The number of carbonyl (C=O) groups is 1. The number of nitrogens with two attached hydrogens (primary N) is 1. The lowest BCUT2D eigenvalue weighted by atomic mass is 9.87. The zero-order valence-electron chi connectivity index (χ0n) is 13.0. The van der Waals surface area contributed by atoms with Gasteiger partial charge in [0.1, 0.15) is 22.6 Å². The highest BCUT2D eigenvalue weighted by Gasteiger charge is 2.45. The van der Waals surface area contributed by atoms with Crippen molar-refractivity contribution < 1.29 is 19.4 Å². The van der Waals surface area contributed by atoms with Crippen molar-refractivity contribution in [3.63, 3.8) is 0 Å². The molecule has 3 N–H and O–H groups in total. The molecule has 7 heteroatoms. The van der Waals surface area contributed by atoms with E-state index in [9.17, 15) is 9.90 Å². The van der Waals surface area contributed by atoms with Crippen molar-refractivity contribution in [3.8, 4) is 5.75 Å². The molecule has 1 aromatic carbocycles. The van der Waals surface area contributed by atoms with E-state index < -0.39 is 23.9 Å². The van der Waals surface area contributed by atoms with Crippen LogP contribution in [0.1, 0.15) is 31.1 Å². The Labute approximate surface area is 138 Å². The van der Waals surface area contributed by atoms with E-state index in [1.807, 2.05) is 13.0 Å². The second kappa shape index (κ2) is 5.25. The van der Waals surface area contributed by atoms with Crippen LogP contribution in [-0.2, 0) is 4.74 Å². The third-order valence-electron chi connectivity index (χ3n) is 4.04. The molecule has 2 atom stereocenters. The van der Waals surface area contributed by atoms with Gasteiger partial charge in [0.05, 0.1) is 5.52 Å². The lowest BCUT2D eigenvalue weighted by Crippen LogP contribution is -2.50. The van der Waals surface area contributed by atoms with E-state index in [4.69, 9.17) is 26.8 Å². The maximum absolute atomic E-state index is 11.2. The van der Waals surface area contributed by atoms with Crippen molar-refractivity contribution in [1.82, 2.24) is 4.98 Å². The number of pyridine rings is 1. The molecule has 1 aliphatic rings. The Morgan fingerprint density at radius 2 is 2.13 bits per heavy atom. The molecule has 0 radical (unpaired) electrons. The quantitative estimate of drug-likeness (QED) is 0.781. The Morgan fingerprint density at radius 1 is 1.43 bits per heavy atom. The van der Waals surface area contributed by atoms with E-state index in [0.717, 1.165) is 10.9 Å². The first kappa shape index (κ1) is 15.8. The summed E-state index contributed by atoms with van der Waals surface area (Å²) in [5.74, 6) is 0.520. The molecule has 1 aromatic heterocycles. The van der Waals surface area contributed by atoms with E-state index in [-0.39, 0.29) is 0 Å².